The number of hydroxylamine groups is 1. The minimum Gasteiger partial charge on any atom is -0.350 e. The first-order valence-electron chi connectivity index (χ1n) is 8.68. The van der Waals surface area contributed by atoms with Gasteiger partial charge in [0.2, 0.25) is 0 Å². The molecule has 1 fully saturated rings. The average molecular weight is 354 g/mol. The maximum Gasteiger partial charge on any atom is 0.275 e. The molecule has 1 atom stereocenters. The van der Waals surface area contributed by atoms with Crippen molar-refractivity contribution in [3.05, 3.63) is 65.2 Å². The van der Waals surface area contributed by atoms with Gasteiger partial charge in [-0.05, 0) is 49.6 Å². The first kappa shape index (κ1) is 18.1. The summed E-state index contributed by atoms with van der Waals surface area (Å²) in [5.74, 6) is -0.604. The van der Waals surface area contributed by atoms with E-state index < -0.39 is 6.29 Å². The number of aryl methyl sites for hydroxylation is 1. The topological polar surface area (TPSA) is 76.7 Å². The van der Waals surface area contributed by atoms with Crippen LogP contribution in [0, 0.1) is 6.92 Å². The Morgan fingerprint density at radius 1 is 1.04 bits per heavy atom. The number of carbonyl (C=O) groups excluding carboxylic acids is 2. The van der Waals surface area contributed by atoms with E-state index in [9.17, 15) is 9.59 Å². The van der Waals surface area contributed by atoms with Gasteiger partial charge in [0.05, 0.1) is 0 Å². The fraction of sp³-hybridized carbons (Fsp3) is 0.300. The van der Waals surface area contributed by atoms with E-state index in [1.165, 1.54) is 0 Å². The minimum atomic E-state index is -0.407. The molecular formula is C20H22N2O4. The first-order chi connectivity index (χ1) is 12.6. The molecule has 2 aromatic carbocycles. The highest BCUT2D eigenvalue weighted by molar-refractivity contribution is 6.05. The monoisotopic (exact) mass is 354 g/mol. The highest BCUT2D eigenvalue weighted by Gasteiger charge is 2.17. The predicted octanol–water partition coefficient (Wildman–Crippen LogP) is 3.44. The molecular weight excluding hydrogens is 332 g/mol. The lowest BCUT2D eigenvalue weighted by atomic mass is 10.1. The lowest BCUT2D eigenvalue weighted by molar-refractivity contribution is -0.186. The second-order valence-electron chi connectivity index (χ2n) is 6.20. The van der Waals surface area contributed by atoms with Crippen molar-refractivity contribution in [2.24, 2.45) is 0 Å². The van der Waals surface area contributed by atoms with Gasteiger partial charge in [-0.3, -0.25) is 9.59 Å². The van der Waals surface area contributed by atoms with E-state index in [-0.39, 0.29) is 11.8 Å². The molecule has 1 aliphatic rings. The third kappa shape index (κ3) is 4.68. The largest absolute Gasteiger partial charge is 0.350 e. The number of hydrogen-bond acceptors (Lipinski definition) is 4. The van der Waals surface area contributed by atoms with E-state index in [4.69, 9.17) is 9.57 Å². The van der Waals surface area contributed by atoms with Crippen LogP contribution in [0.3, 0.4) is 0 Å². The molecule has 2 aromatic rings. The van der Waals surface area contributed by atoms with Crippen LogP contribution in [0.25, 0.3) is 0 Å². The average Bonchev–Trinajstić information content (AvgIpc) is 2.69. The zero-order valence-electron chi connectivity index (χ0n) is 14.7. The molecule has 1 saturated heterocycles. The van der Waals surface area contributed by atoms with Gasteiger partial charge >= 0.3 is 0 Å². The van der Waals surface area contributed by atoms with Crippen molar-refractivity contribution in [3.8, 4) is 0 Å². The SMILES string of the molecule is Cc1ccc(C(=O)NO[C@H]2CCCCO2)cc1NC(=O)c1ccccc1. The van der Waals surface area contributed by atoms with E-state index in [1.54, 1.807) is 42.5 Å². The second-order valence-corrected chi connectivity index (χ2v) is 6.20. The lowest BCUT2D eigenvalue weighted by Crippen LogP contribution is -2.33. The smallest absolute Gasteiger partial charge is 0.275 e. The maximum atomic E-state index is 12.3. The molecule has 0 aliphatic carbocycles. The summed E-state index contributed by atoms with van der Waals surface area (Å²) in [6.07, 6.45) is 2.37. The second kappa shape index (κ2) is 8.60. The van der Waals surface area contributed by atoms with E-state index in [0.717, 1.165) is 24.8 Å². The Kier molecular flexibility index (Phi) is 5.99. The highest BCUT2D eigenvalue weighted by atomic mass is 16.8. The molecule has 1 aliphatic heterocycles. The van der Waals surface area contributed by atoms with E-state index in [2.05, 4.69) is 10.8 Å². The molecule has 0 unspecified atom stereocenters. The number of anilines is 1. The summed E-state index contributed by atoms with van der Waals surface area (Å²) in [6.45, 7) is 2.51. The van der Waals surface area contributed by atoms with Crippen LogP contribution in [-0.2, 0) is 9.57 Å². The van der Waals surface area contributed by atoms with Crippen LogP contribution in [0.4, 0.5) is 5.69 Å². The third-order valence-corrected chi connectivity index (χ3v) is 4.20. The molecule has 0 aromatic heterocycles. The van der Waals surface area contributed by atoms with Gasteiger partial charge in [-0.15, -0.1) is 0 Å². The van der Waals surface area contributed by atoms with Crippen LogP contribution in [-0.4, -0.2) is 24.7 Å². The Morgan fingerprint density at radius 2 is 1.85 bits per heavy atom. The summed E-state index contributed by atoms with van der Waals surface area (Å²) in [6, 6.07) is 14.0. The zero-order chi connectivity index (χ0) is 18.4. The molecule has 1 heterocycles. The van der Waals surface area contributed by atoms with Crippen LogP contribution >= 0.6 is 0 Å². The molecule has 6 heteroatoms. The molecule has 0 bridgehead atoms. The number of amides is 2. The Balaban J connectivity index is 1.64. The summed E-state index contributed by atoms with van der Waals surface area (Å²) in [5.41, 5.74) is 4.82. The summed E-state index contributed by atoms with van der Waals surface area (Å²) in [4.78, 5) is 29.9. The summed E-state index contributed by atoms with van der Waals surface area (Å²) >= 11 is 0. The number of rotatable bonds is 5. The molecule has 2 N–H and O–H groups in total. The Hall–Kier alpha value is -2.70. The number of carbonyl (C=O) groups is 2. The van der Waals surface area contributed by atoms with Crippen molar-refractivity contribution in [2.75, 3.05) is 11.9 Å². The van der Waals surface area contributed by atoms with Gasteiger partial charge in [0.1, 0.15) is 0 Å². The summed E-state index contributed by atoms with van der Waals surface area (Å²) in [7, 11) is 0. The fourth-order valence-corrected chi connectivity index (χ4v) is 2.66. The molecule has 2 amide bonds. The molecule has 136 valence electrons. The standard InChI is InChI=1S/C20H22N2O4/c1-14-10-11-16(20(24)22-26-18-9-5-6-12-25-18)13-17(14)21-19(23)15-7-3-2-4-8-15/h2-4,7-8,10-11,13,18H,5-6,9,12H2,1H3,(H,21,23)(H,22,24)/t18-/m0/s1. The minimum absolute atomic E-state index is 0.224. The number of ether oxygens (including phenoxy) is 1. The van der Waals surface area contributed by atoms with Crippen molar-refractivity contribution in [1.29, 1.82) is 0 Å². The van der Waals surface area contributed by atoms with Gasteiger partial charge in [-0.1, -0.05) is 24.3 Å². The summed E-state index contributed by atoms with van der Waals surface area (Å²) < 4.78 is 5.41. The van der Waals surface area contributed by atoms with Crippen molar-refractivity contribution in [3.63, 3.8) is 0 Å². The van der Waals surface area contributed by atoms with Crippen molar-refractivity contribution in [2.45, 2.75) is 32.5 Å². The van der Waals surface area contributed by atoms with Crippen LogP contribution in [0.15, 0.2) is 48.5 Å². The van der Waals surface area contributed by atoms with E-state index in [0.29, 0.717) is 23.4 Å². The molecule has 3 rings (SSSR count). The molecule has 0 saturated carbocycles. The Morgan fingerprint density at radius 3 is 2.58 bits per heavy atom. The molecule has 0 spiro atoms. The number of hydrogen-bond donors (Lipinski definition) is 2. The number of benzene rings is 2. The lowest BCUT2D eigenvalue weighted by Gasteiger charge is -2.22. The van der Waals surface area contributed by atoms with Crippen LogP contribution in [0.1, 0.15) is 45.5 Å². The zero-order valence-corrected chi connectivity index (χ0v) is 14.7. The van der Waals surface area contributed by atoms with E-state index >= 15 is 0 Å². The Labute approximate surface area is 152 Å². The van der Waals surface area contributed by atoms with Gasteiger partial charge in [0, 0.05) is 29.8 Å². The highest BCUT2D eigenvalue weighted by Crippen LogP contribution is 2.19. The van der Waals surface area contributed by atoms with Gasteiger partial charge in [0.15, 0.2) is 6.29 Å². The maximum absolute atomic E-state index is 12.3. The van der Waals surface area contributed by atoms with Crippen LogP contribution in [0.5, 0.6) is 0 Å². The summed E-state index contributed by atoms with van der Waals surface area (Å²) in [5, 5.41) is 2.84. The van der Waals surface area contributed by atoms with Crippen molar-refractivity contribution < 1.29 is 19.2 Å². The van der Waals surface area contributed by atoms with Gasteiger partial charge < -0.3 is 10.1 Å². The van der Waals surface area contributed by atoms with Gasteiger partial charge in [-0.2, -0.15) is 0 Å². The van der Waals surface area contributed by atoms with Crippen molar-refractivity contribution >= 4 is 17.5 Å². The Bertz CT molecular complexity index is 771. The fourth-order valence-electron chi connectivity index (χ4n) is 2.66. The number of nitrogens with one attached hydrogen (secondary N) is 2. The molecule has 26 heavy (non-hydrogen) atoms. The predicted molar refractivity (Wildman–Crippen MR) is 97.7 cm³/mol. The van der Waals surface area contributed by atoms with Crippen LogP contribution < -0.4 is 10.8 Å². The normalized spacial score (nSPS) is 16.7. The quantitative estimate of drug-likeness (QED) is 0.807. The van der Waals surface area contributed by atoms with Gasteiger partial charge in [0.25, 0.3) is 11.8 Å². The molecule has 0 radical (unpaired) electrons. The first-order valence-corrected chi connectivity index (χ1v) is 8.68. The van der Waals surface area contributed by atoms with Gasteiger partial charge in [-0.25, -0.2) is 10.3 Å². The van der Waals surface area contributed by atoms with Crippen LogP contribution in [0.2, 0.25) is 0 Å². The third-order valence-electron chi connectivity index (χ3n) is 4.20. The van der Waals surface area contributed by atoms with Crippen molar-refractivity contribution in [1.82, 2.24) is 5.48 Å². The van der Waals surface area contributed by atoms with E-state index in [1.807, 2.05) is 13.0 Å². The molecule has 6 nitrogen and oxygen atoms in total.